The lowest BCUT2D eigenvalue weighted by atomic mass is 10.2. The molecule has 0 aliphatic carbocycles. The average Bonchev–Trinajstić information content (AvgIpc) is 2.46. The fraction of sp³-hybridized carbons (Fsp3) is 0.0714. The van der Waals surface area contributed by atoms with Crippen molar-refractivity contribution in [2.24, 2.45) is 0 Å². The Morgan fingerprint density at radius 3 is 2.27 bits per heavy atom. The summed E-state index contributed by atoms with van der Waals surface area (Å²) < 4.78 is 24.9. The Labute approximate surface area is 132 Å². The molecule has 0 unspecified atom stereocenters. The van der Waals surface area contributed by atoms with E-state index in [2.05, 4.69) is 11.6 Å². The molecular weight excluding hydrogens is 328 g/mol. The Balaban J connectivity index is 2.48. The number of nitro groups is 1. The number of nitrogens with zero attached hydrogens (tertiary/aromatic N) is 2. The molecule has 0 spiro atoms. The van der Waals surface area contributed by atoms with Gasteiger partial charge in [-0.3, -0.25) is 10.1 Å². The van der Waals surface area contributed by atoms with E-state index in [0.717, 1.165) is 24.3 Å². The van der Waals surface area contributed by atoms with Crippen LogP contribution >= 0.6 is 11.6 Å². The zero-order chi connectivity index (χ0) is 16.5. The zero-order valence-electron chi connectivity index (χ0n) is 11.5. The molecule has 6 nitrogen and oxygen atoms in total. The number of non-ortho nitro benzene ring substituents is 1. The number of hydrogen-bond donors (Lipinski definition) is 0. The summed E-state index contributed by atoms with van der Waals surface area (Å²) in [4.78, 5) is 13.8. The van der Waals surface area contributed by atoms with Crippen molar-refractivity contribution < 1.29 is 13.3 Å². The number of halogens is 1. The number of benzene rings is 1. The molecule has 0 aliphatic rings. The van der Waals surface area contributed by atoms with Gasteiger partial charge < -0.3 is 0 Å². The smallest absolute Gasteiger partial charge is 0.258 e. The third kappa shape index (κ3) is 3.00. The van der Waals surface area contributed by atoms with Gasteiger partial charge in [-0.1, -0.05) is 18.2 Å². The zero-order valence-corrected chi connectivity index (χ0v) is 13.1. The summed E-state index contributed by atoms with van der Waals surface area (Å²) in [5, 5.41) is 10.4. The molecule has 0 saturated heterocycles. The van der Waals surface area contributed by atoms with Gasteiger partial charge in [-0.15, -0.1) is 0 Å². The number of pyridine rings is 1. The number of sulfone groups is 1. The van der Waals surface area contributed by atoms with Crippen molar-refractivity contribution in [3.05, 3.63) is 63.8 Å². The van der Waals surface area contributed by atoms with Gasteiger partial charge in [0.05, 0.1) is 9.82 Å². The first-order valence-electron chi connectivity index (χ1n) is 6.05. The monoisotopic (exact) mass is 338 g/mol. The van der Waals surface area contributed by atoms with Gasteiger partial charge in [-0.2, -0.15) is 0 Å². The summed E-state index contributed by atoms with van der Waals surface area (Å²) in [7, 11) is -3.89. The van der Waals surface area contributed by atoms with Gasteiger partial charge in [-0.05, 0) is 36.8 Å². The molecule has 0 radical (unpaired) electrons. The van der Waals surface area contributed by atoms with Gasteiger partial charge in [0.25, 0.3) is 5.69 Å². The van der Waals surface area contributed by atoms with Gasteiger partial charge >= 0.3 is 0 Å². The number of rotatable bonds is 4. The molecule has 1 aromatic carbocycles. The molecule has 0 amide bonds. The standard InChI is InChI=1S/C14H11ClN2O4S/c1-9(2)12-7-8-13(16-14(12)15)22(20,21)11-5-3-10(4-6-11)17(18)19/h3-8H,1H2,2H3. The molecule has 2 aromatic rings. The highest BCUT2D eigenvalue weighted by atomic mass is 35.5. The largest absolute Gasteiger partial charge is 0.269 e. The summed E-state index contributed by atoms with van der Waals surface area (Å²) in [5.41, 5.74) is 1.03. The van der Waals surface area contributed by atoms with Crippen LogP contribution in [0.5, 0.6) is 0 Å². The Kier molecular flexibility index (Phi) is 4.30. The second kappa shape index (κ2) is 5.86. The molecule has 0 fully saturated rings. The Morgan fingerprint density at radius 2 is 1.82 bits per heavy atom. The van der Waals surface area contributed by atoms with E-state index < -0.39 is 14.8 Å². The number of hydrogen-bond acceptors (Lipinski definition) is 5. The van der Waals surface area contributed by atoms with E-state index in [-0.39, 0.29) is 20.8 Å². The third-order valence-electron chi connectivity index (χ3n) is 2.92. The maximum atomic E-state index is 12.4. The molecule has 2 rings (SSSR count). The van der Waals surface area contributed by atoms with E-state index in [1.165, 1.54) is 12.1 Å². The van der Waals surface area contributed by atoms with Gasteiger partial charge in [0.1, 0.15) is 5.15 Å². The van der Waals surface area contributed by atoms with Crippen LogP contribution in [0.15, 0.2) is 52.9 Å². The number of allylic oxidation sites excluding steroid dienone is 1. The van der Waals surface area contributed by atoms with Crippen molar-refractivity contribution in [2.45, 2.75) is 16.8 Å². The minimum Gasteiger partial charge on any atom is -0.258 e. The number of nitro benzene ring substituents is 1. The van der Waals surface area contributed by atoms with Crippen LogP contribution in [0.1, 0.15) is 12.5 Å². The molecule has 114 valence electrons. The highest BCUT2D eigenvalue weighted by molar-refractivity contribution is 7.91. The van der Waals surface area contributed by atoms with Crippen molar-refractivity contribution in [3.8, 4) is 0 Å². The Morgan fingerprint density at radius 1 is 1.23 bits per heavy atom. The summed E-state index contributed by atoms with van der Waals surface area (Å²) in [6.45, 7) is 5.45. The Hall–Kier alpha value is -2.25. The maximum absolute atomic E-state index is 12.4. The first-order valence-corrected chi connectivity index (χ1v) is 7.91. The summed E-state index contributed by atoms with van der Waals surface area (Å²) in [5.74, 6) is 0. The van der Waals surface area contributed by atoms with E-state index in [9.17, 15) is 18.5 Å². The lowest BCUT2D eigenvalue weighted by Gasteiger charge is -2.07. The fourth-order valence-corrected chi connectivity index (χ4v) is 3.31. The van der Waals surface area contributed by atoms with Crippen molar-refractivity contribution in [2.75, 3.05) is 0 Å². The van der Waals surface area contributed by atoms with Gasteiger partial charge in [0.15, 0.2) is 5.03 Å². The normalized spacial score (nSPS) is 11.2. The van der Waals surface area contributed by atoms with E-state index in [1.807, 2.05) is 0 Å². The highest BCUT2D eigenvalue weighted by Crippen LogP contribution is 2.26. The topological polar surface area (TPSA) is 90.2 Å². The van der Waals surface area contributed by atoms with E-state index in [1.54, 1.807) is 6.92 Å². The number of aromatic nitrogens is 1. The minimum atomic E-state index is -3.89. The van der Waals surface area contributed by atoms with Crippen LogP contribution in [0.2, 0.25) is 5.15 Å². The molecule has 0 saturated carbocycles. The van der Waals surface area contributed by atoms with Gasteiger partial charge in [0.2, 0.25) is 9.84 Å². The lowest BCUT2D eigenvalue weighted by molar-refractivity contribution is -0.384. The summed E-state index contributed by atoms with van der Waals surface area (Å²) in [6, 6.07) is 7.42. The molecule has 1 heterocycles. The van der Waals surface area contributed by atoms with Crippen LogP contribution in [-0.2, 0) is 9.84 Å². The maximum Gasteiger partial charge on any atom is 0.269 e. The van der Waals surface area contributed by atoms with Crippen molar-refractivity contribution in [1.29, 1.82) is 0 Å². The van der Waals surface area contributed by atoms with Crippen molar-refractivity contribution in [1.82, 2.24) is 4.98 Å². The van der Waals surface area contributed by atoms with E-state index in [0.29, 0.717) is 11.1 Å². The average molecular weight is 339 g/mol. The SMILES string of the molecule is C=C(C)c1ccc(S(=O)(=O)c2ccc([N+](=O)[O-])cc2)nc1Cl. The van der Waals surface area contributed by atoms with Crippen LogP contribution in [-0.4, -0.2) is 18.3 Å². The van der Waals surface area contributed by atoms with E-state index in [4.69, 9.17) is 11.6 Å². The molecule has 1 aromatic heterocycles. The summed E-state index contributed by atoms with van der Waals surface area (Å²) in [6.07, 6.45) is 0. The van der Waals surface area contributed by atoms with Crippen LogP contribution in [0.4, 0.5) is 5.69 Å². The van der Waals surface area contributed by atoms with Crippen LogP contribution in [0.25, 0.3) is 5.57 Å². The minimum absolute atomic E-state index is 0.0375. The molecular formula is C14H11ClN2O4S. The van der Waals surface area contributed by atoms with Crippen molar-refractivity contribution >= 4 is 32.7 Å². The lowest BCUT2D eigenvalue weighted by Crippen LogP contribution is -2.05. The van der Waals surface area contributed by atoms with Crippen LogP contribution in [0.3, 0.4) is 0 Å². The summed E-state index contributed by atoms with van der Waals surface area (Å²) >= 11 is 5.96. The molecule has 0 atom stereocenters. The van der Waals surface area contributed by atoms with Crippen molar-refractivity contribution in [3.63, 3.8) is 0 Å². The van der Waals surface area contributed by atoms with Crippen LogP contribution < -0.4 is 0 Å². The third-order valence-corrected chi connectivity index (χ3v) is 4.88. The van der Waals surface area contributed by atoms with Gasteiger partial charge in [0, 0.05) is 17.7 Å². The highest BCUT2D eigenvalue weighted by Gasteiger charge is 2.21. The molecule has 22 heavy (non-hydrogen) atoms. The molecule has 0 aliphatic heterocycles. The predicted molar refractivity (Wildman–Crippen MR) is 82.5 cm³/mol. The Bertz CT molecular complexity index is 861. The van der Waals surface area contributed by atoms with Gasteiger partial charge in [-0.25, -0.2) is 13.4 Å². The molecule has 0 bridgehead atoms. The molecule has 0 N–H and O–H groups in total. The first kappa shape index (κ1) is 16.1. The predicted octanol–water partition coefficient (Wildman–Crippen LogP) is 3.51. The fourth-order valence-electron chi connectivity index (χ4n) is 1.75. The molecule has 8 heteroatoms. The second-order valence-electron chi connectivity index (χ2n) is 4.52. The van der Waals surface area contributed by atoms with E-state index >= 15 is 0 Å². The first-order chi connectivity index (χ1) is 10.2. The van der Waals surface area contributed by atoms with Crippen LogP contribution in [0, 0.1) is 10.1 Å². The quantitative estimate of drug-likeness (QED) is 0.483. The second-order valence-corrected chi connectivity index (χ2v) is 6.78.